The summed E-state index contributed by atoms with van der Waals surface area (Å²) in [5, 5.41) is 4.03. The molecule has 0 bridgehead atoms. The zero-order chi connectivity index (χ0) is 12.3. The van der Waals surface area contributed by atoms with Gasteiger partial charge in [0.25, 0.3) is 0 Å². The van der Waals surface area contributed by atoms with Crippen molar-refractivity contribution in [1.29, 1.82) is 0 Å². The first-order chi connectivity index (χ1) is 8.30. The van der Waals surface area contributed by atoms with Gasteiger partial charge in [0.15, 0.2) is 0 Å². The Morgan fingerprint density at radius 2 is 2.29 bits per heavy atom. The van der Waals surface area contributed by atoms with Gasteiger partial charge in [-0.1, -0.05) is 18.5 Å². The van der Waals surface area contributed by atoms with Crippen molar-refractivity contribution < 1.29 is 9.26 Å². The molecule has 1 aliphatic carbocycles. The smallest absolute Gasteiger partial charge is 0.231 e. The molecule has 1 aliphatic rings. The number of hydrogen-bond acceptors (Lipinski definition) is 5. The van der Waals surface area contributed by atoms with Crippen molar-refractivity contribution in [2.24, 2.45) is 11.7 Å². The summed E-state index contributed by atoms with van der Waals surface area (Å²) in [6.07, 6.45) is 4.43. The number of nitrogens with two attached hydrogens (primary N) is 1. The Labute approximate surface area is 102 Å². The Hall–Kier alpha value is -0.940. The van der Waals surface area contributed by atoms with Crippen LogP contribution >= 0.6 is 0 Å². The first-order valence-corrected chi connectivity index (χ1v) is 6.36. The Kier molecular flexibility index (Phi) is 4.12. The molecule has 96 valence electrons. The lowest BCUT2D eigenvalue weighted by Gasteiger charge is -2.09. The topological polar surface area (TPSA) is 74.2 Å². The van der Waals surface area contributed by atoms with Crippen LogP contribution in [0, 0.1) is 5.92 Å². The maximum atomic E-state index is 5.72. The standard InChI is InChI=1S/C12H21N3O2/c1-3-4-9(7-13)12-14-11(15-17-12)10(16-2)8-5-6-8/h8-10H,3-7,13H2,1-2H3. The molecule has 2 atom stereocenters. The van der Waals surface area contributed by atoms with Crippen molar-refractivity contribution in [2.75, 3.05) is 13.7 Å². The first kappa shape index (κ1) is 12.5. The van der Waals surface area contributed by atoms with Gasteiger partial charge in [-0.25, -0.2) is 0 Å². The number of rotatable bonds is 7. The lowest BCUT2D eigenvalue weighted by atomic mass is 10.0. The molecule has 0 aromatic carbocycles. The average molecular weight is 239 g/mol. The molecule has 0 radical (unpaired) electrons. The molecule has 2 unspecified atom stereocenters. The van der Waals surface area contributed by atoms with Gasteiger partial charge >= 0.3 is 0 Å². The van der Waals surface area contributed by atoms with Crippen molar-refractivity contribution in [3.05, 3.63) is 11.7 Å². The molecular formula is C12H21N3O2. The number of ether oxygens (including phenoxy) is 1. The Morgan fingerprint density at radius 3 is 2.82 bits per heavy atom. The predicted octanol–water partition coefficient (Wildman–Crippen LogP) is 2.01. The Bertz CT molecular complexity index is 349. The molecule has 0 spiro atoms. The molecule has 0 saturated heterocycles. The summed E-state index contributed by atoms with van der Waals surface area (Å²) >= 11 is 0. The van der Waals surface area contributed by atoms with Gasteiger partial charge in [0, 0.05) is 13.7 Å². The van der Waals surface area contributed by atoms with Crippen molar-refractivity contribution in [3.8, 4) is 0 Å². The van der Waals surface area contributed by atoms with E-state index < -0.39 is 0 Å². The van der Waals surface area contributed by atoms with Crippen LogP contribution in [0.3, 0.4) is 0 Å². The van der Waals surface area contributed by atoms with Gasteiger partial charge in [0.2, 0.25) is 11.7 Å². The molecule has 2 rings (SSSR count). The van der Waals surface area contributed by atoms with Crippen LogP contribution in [0.5, 0.6) is 0 Å². The molecule has 1 aromatic heterocycles. The van der Waals surface area contributed by atoms with Crippen LogP contribution in [0.4, 0.5) is 0 Å². The predicted molar refractivity (Wildman–Crippen MR) is 63.5 cm³/mol. The van der Waals surface area contributed by atoms with Crippen LogP contribution in [-0.2, 0) is 4.74 Å². The van der Waals surface area contributed by atoms with Crippen molar-refractivity contribution >= 4 is 0 Å². The van der Waals surface area contributed by atoms with E-state index in [4.69, 9.17) is 15.0 Å². The minimum Gasteiger partial charge on any atom is -0.373 e. The highest BCUT2D eigenvalue weighted by Crippen LogP contribution is 2.42. The van der Waals surface area contributed by atoms with Crippen molar-refractivity contribution in [1.82, 2.24) is 10.1 Å². The Morgan fingerprint density at radius 1 is 1.53 bits per heavy atom. The number of methoxy groups -OCH3 is 1. The van der Waals surface area contributed by atoms with Crippen molar-refractivity contribution in [2.45, 2.75) is 44.6 Å². The van der Waals surface area contributed by atoms with Gasteiger partial charge in [0.1, 0.15) is 6.10 Å². The fourth-order valence-corrected chi connectivity index (χ4v) is 2.13. The van der Waals surface area contributed by atoms with E-state index >= 15 is 0 Å². The summed E-state index contributed by atoms with van der Waals surface area (Å²) in [5.41, 5.74) is 5.72. The van der Waals surface area contributed by atoms with Crippen LogP contribution in [-0.4, -0.2) is 23.8 Å². The van der Waals surface area contributed by atoms with Gasteiger partial charge in [-0.05, 0) is 25.2 Å². The van der Waals surface area contributed by atoms with E-state index in [1.165, 1.54) is 12.8 Å². The molecule has 0 amide bonds. The fraction of sp³-hybridized carbons (Fsp3) is 0.833. The minimum absolute atomic E-state index is 0.00690. The highest BCUT2D eigenvalue weighted by Gasteiger charge is 2.36. The Balaban J connectivity index is 2.07. The van der Waals surface area contributed by atoms with E-state index in [-0.39, 0.29) is 12.0 Å². The van der Waals surface area contributed by atoms with Crippen LogP contribution in [0.15, 0.2) is 4.52 Å². The van der Waals surface area contributed by atoms with E-state index in [1.54, 1.807) is 7.11 Å². The van der Waals surface area contributed by atoms with Gasteiger partial charge in [0.05, 0.1) is 5.92 Å². The van der Waals surface area contributed by atoms with Crippen LogP contribution < -0.4 is 5.73 Å². The van der Waals surface area contributed by atoms with Crippen LogP contribution in [0.1, 0.15) is 56.3 Å². The number of aromatic nitrogens is 2. The lowest BCUT2D eigenvalue weighted by Crippen LogP contribution is -2.13. The number of hydrogen-bond donors (Lipinski definition) is 1. The van der Waals surface area contributed by atoms with E-state index in [2.05, 4.69) is 17.1 Å². The minimum atomic E-state index is -0.00690. The maximum absolute atomic E-state index is 5.72. The molecule has 17 heavy (non-hydrogen) atoms. The highest BCUT2D eigenvalue weighted by atomic mass is 16.5. The fourth-order valence-electron chi connectivity index (χ4n) is 2.13. The third-order valence-electron chi connectivity index (χ3n) is 3.29. The van der Waals surface area contributed by atoms with E-state index in [0.29, 0.717) is 24.2 Å². The first-order valence-electron chi connectivity index (χ1n) is 6.36. The van der Waals surface area contributed by atoms with E-state index in [1.807, 2.05) is 0 Å². The lowest BCUT2D eigenvalue weighted by molar-refractivity contribution is 0.0751. The second-order valence-electron chi connectivity index (χ2n) is 4.71. The molecule has 5 heteroatoms. The molecule has 5 nitrogen and oxygen atoms in total. The zero-order valence-corrected chi connectivity index (χ0v) is 10.6. The second kappa shape index (κ2) is 5.60. The molecule has 1 aromatic rings. The van der Waals surface area contributed by atoms with Gasteiger partial charge in [-0.2, -0.15) is 4.98 Å². The summed E-state index contributed by atoms with van der Waals surface area (Å²) in [5.74, 6) is 2.08. The zero-order valence-electron chi connectivity index (χ0n) is 10.6. The van der Waals surface area contributed by atoms with Gasteiger partial charge in [-0.3, -0.25) is 0 Å². The largest absolute Gasteiger partial charge is 0.373 e. The third kappa shape index (κ3) is 2.84. The molecule has 1 heterocycles. The summed E-state index contributed by atoms with van der Waals surface area (Å²) in [7, 11) is 1.70. The average Bonchev–Trinajstić information content (AvgIpc) is 3.05. The highest BCUT2D eigenvalue weighted by molar-refractivity contribution is 5.01. The normalized spacial score (nSPS) is 19.2. The van der Waals surface area contributed by atoms with Crippen molar-refractivity contribution in [3.63, 3.8) is 0 Å². The molecule has 0 aliphatic heterocycles. The summed E-state index contributed by atoms with van der Waals surface area (Å²) in [6, 6.07) is 0. The number of nitrogens with zero attached hydrogens (tertiary/aromatic N) is 2. The molecule has 2 N–H and O–H groups in total. The third-order valence-corrected chi connectivity index (χ3v) is 3.29. The quantitative estimate of drug-likeness (QED) is 0.787. The molecule has 1 fully saturated rings. The van der Waals surface area contributed by atoms with Crippen LogP contribution in [0.2, 0.25) is 0 Å². The van der Waals surface area contributed by atoms with E-state index in [0.717, 1.165) is 12.8 Å². The van der Waals surface area contributed by atoms with Gasteiger partial charge in [-0.15, -0.1) is 0 Å². The molecule has 1 saturated carbocycles. The van der Waals surface area contributed by atoms with Gasteiger partial charge < -0.3 is 15.0 Å². The summed E-state index contributed by atoms with van der Waals surface area (Å²) in [4.78, 5) is 4.45. The van der Waals surface area contributed by atoms with E-state index in [9.17, 15) is 0 Å². The maximum Gasteiger partial charge on any atom is 0.231 e. The summed E-state index contributed by atoms with van der Waals surface area (Å²) in [6.45, 7) is 2.68. The SMILES string of the molecule is CCCC(CN)c1nc(C(OC)C2CC2)no1. The molecular weight excluding hydrogens is 218 g/mol. The monoisotopic (exact) mass is 239 g/mol. The summed E-state index contributed by atoms with van der Waals surface area (Å²) < 4.78 is 10.7. The van der Waals surface area contributed by atoms with Crippen LogP contribution in [0.25, 0.3) is 0 Å². The second-order valence-corrected chi connectivity index (χ2v) is 4.71.